The molecule has 0 spiro atoms. The molecule has 2 N–H and O–H groups in total. The second-order valence-electron chi connectivity index (χ2n) is 4.15. The minimum absolute atomic E-state index is 0.0405. The minimum atomic E-state index is -0.0405. The summed E-state index contributed by atoms with van der Waals surface area (Å²) in [4.78, 5) is 15.7. The number of hydrogen-bond donors (Lipinski definition) is 1. The average Bonchev–Trinajstić information content (AvgIpc) is 2.18. The number of ketones is 1. The van der Waals surface area contributed by atoms with Crippen LogP contribution in [0.5, 0.6) is 0 Å². The van der Waals surface area contributed by atoms with Gasteiger partial charge in [-0.25, -0.2) is 0 Å². The number of hydrogen-bond acceptors (Lipinski definition) is 3. The van der Waals surface area contributed by atoms with Crippen LogP contribution in [0, 0.1) is 5.92 Å². The summed E-state index contributed by atoms with van der Waals surface area (Å²) in [5.41, 5.74) is 6.65. The van der Waals surface area contributed by atoms with E-state index in [0.29, 0.717) is 18.8 Å². The third-order valence-electron chi connectivity index (χ3n) is 2.42. The van der Waals surface area contributed by atoms with Gasteiger partial charge >= 0.3 is 0 Å². The molecule has 15 heavy (non-hydrogen) atoms. The van der Waals surface area contributed by atoms with E-state index in [-0.39, 0.29) is 11.8 Å². The Morgan fingerprint density at radius 2 is 2.20 bits per heavy atom. The largest absolute Gasteiger partial charge is 0.327 e. The van der Waals surface area contributed by atoms with Crippen molar-refractivity contribution in [3.8, 4) is 0 Å². The van der Waals surface area contributed by atoms with Crippen LogP contribution < -0.4 is 5.73 Å². The van der Waals surface area contributed by atoms with Gasteiger partial charge in [-0.1, -0.05) is 19.9 Å². The fourth-order valence-corrected chi connectivity index (χ4v) is 1.28. The van der Waals surface area contributed by atoms with E-state index >= 15 is 0 Å². The molecule has 1 heterocycles. The van der Waals surface area contributed by atoms with E-state index < -0.39 is 0 Å². The van der Waals surface area contributed by atoms with Crippen LogP contribution in [0.3, 0.4) is 0 Å². The van der Waals surface area contributed by atoms with Crippen molar-refractivity contribution in [2.24, 2.45) is 11.7 Å². The van der Waals surface area contributed by atoms with Gasteiger partial charge in [0, 0.05) is 30.8 Å². The van der Waals surface area contributed by atoms with Gasteiger partial charge in [0.25, 0.3) is 0 Å². The van der Waals surface area contributed by atoms with Crippen molar-refractivity contribution in [1.82, 2.24) is 4.98 Å². The minimum Gasteiger partial charge on any atom is -0.327 e. The Bertz CT molecular complexity index is 309. The summed E-state index contributed by atoms with van der Waals surface area (Å²) in [7, 11) is 0. The van der Waals surface area contributed by atoms with Crippen molar-refractivity contribution < 1.29 is 4.79 Å². The molecule has 0 amide bonds. The molecule has 1 unspecified atom stereocenters. The molecule has 0 radical (unpaired) electrons. The average molecular weight is 206 g/mol. The molecule has 0 fully saturated rings. The van der Waals surface area contributed by atoms with Crippen LogP contribution in [0.1, 0.15) is 26.0 Å². The summed E-state index contributed by atoms with van der Waals surface area (Å²) < 4.78 is 0. The van der Waals surface area contributed by atoms with E-state index in [4.69, 9.17) is 5.73 Å². The predicted molar refractivity (Wildman–Crippen MR) is 60.4 cm³/mol. The van der Waals surface area contributed by atoms with Crippen LogP contribution in [0.15, 0.2) is 24.4 Å². The standard InChI is InChI=1S/C12H18N2O/c1-9(2)12(13)8-11(15)7-10-5-3-4-6-14-10/h3-6,9,12H,7-8,13H2,1-2H3. The molecule has 1 rings (SSSR count). The first-order chi connectivity index (χ1) is 7.09. The van der Waals surface area contributed by atoms with Gasteiger partial charge in [-0.15, -0.1) is 0 Å². The maximum absolute atomic E-state index is 11.6. The summed E-state index contributed by atoms with van der Waals surface area (Å²) in [5, 5.41) is 0. The monoisotopic (exact) mass is 206 g/mol. The van der Waals surface area contributed by atoms with Gasteiger partial charge in [-0.2, -0.15) is 0 Å². The first-order valence-electron chi connectivity index (χ1n) is 5.26. The predicted octanol–water partition coefficient (Wildman–Crippen LogP) is 1.57. The first-order valence-corrected chi connectivity index (χ1v) is 5.26. The summed E-state index contributed by atoms with van der Waals surface area (Å²) in [5.74, 6) is 0.507. The lowest BCUT2D eigenvalue weighted by Gasteiger charge is -2.13. The second kappa shape index (κ2) is 5.61. The summed E-state index contributed by atoms with van der Waals surface area (Å²) in [6.45, 7) is 4.05. The van der Waals surface area contributed by atoms with E-state index in [1.165, 1.54) is 0 Å². The highest BCUT2D eigenvalue weighted by Crippen LogP contribution is 2.06. The fourth-order valence-electron chi connectivity index (χ4n) is 1.28. The van der Waals surface area contributed by atoms with Gasteiger partial charge in [-0.05, 0) is 18.1 Å². The van der Waals surface area contributed by atoms with E-state index in [0.717, 1.165) is 5.69 Å². The van der Waals surface area contributed by atoms with Crippen molar-refractivity contribution in [3.05, 3.63) is 30.1 Å². The molecule has 1 atom stereocenters. The Morgan fingerprint density at radius 1 is 1.47 bits per heavy atom. The zero-order chi connectivity index (χ0) is 11.3. The Hall–Kier alpha value is -1.22. The van der Waals surface area contributed by atoms with Crippen molar-refractivity contribution in [2.45, 2.75) is 32.7 Å². The van der Waals surface area contributed by atoms with Crippen LogP contribution in [-0.2, 0) is 11.2 Å². The highest BCUT2D eigenvalue weighted by atomic mass is 16.1. The smallest absolute Gasteiger partial charge is 0.140 e. The highest BCUT2D eigenvalue weighted by molar-refractivity contribution is 5.81. The molecule has 0 aromatic carbocycles. The van der Waals surface area contributed by atoms with Crippen LogP contribution in [0.4, 0.5) is 0 Å². The molecule has 82 valence electrons. The van der Waals surface area contributed by atoms with Crippen LogP contribution >= 0.6 is 0 Å². The molecule has 1 aromatic rings. The maximum Gasteiger partial charge on any atom is 0.140 e. The van der Waals surface area contributed by atoms with E-state index in [1.54, 1.807) is 6.20 Å². The summed E-state index contributed by atoms with van der Waals surface area (Å²) >= 11 is 0. The Balaban J connectivity index is 2.43. The van der Waals surface area contributed by atoms with Crippen molar-refractivity contribution in [1.29, 1.82) is 0 Å². The van der Waals surface area contributed by atoms with Crippen molar-refractivity contribution in [2.75, 3.05) is 0 Å². The number of nitrogens with two attached hydrogens (primary N) is 1. The van der Waals surface area contributed by atoms with Crippen LogP contribution in [0.25, 0.3) is 0 Å². The molecule has 0 aliphatic heterocycles. The fraction of sp³-hybridized carbons (Fsp3) is 0.500. The normalized spacial score (nSPS) is 12.8. The quantitative estimate of drug-likeness (QED) is 0.795. The molecule has 0 aliphatic rings. The number of carbonyl (C=O) groups excluding carboxylic acids is 1. The second-order valence-corrected chi connectivity index (χ2v) is 4.15. The Morgan fingerprint density at radius 3 is 2.73 bits per heavy atom. The van der Waals surface area contributed by atoms with Crippen molar-refractivity contribution in [3.63, 3.8) is 0 Å². The van der Waals surface area contributed by atoms with Crippen molar-refractivity contribution >= 4 is 5.78 Å². The molecule has 1 aromatic heterocycles. The molecule has 3 heteroatoms. The lowest BCUT2D eigenvalue weighted by atomic mass is 9.98. The zero-order valence-corrected chi connectivity index (χ0v) is 9.31. The lowest BCUT2D eigenvalue weighted by Crippen LogP contribution is -2.29. The summed E-state index contributed by atoms with van der Waals surface area (Å²) in [6.07, 6.45) is 2.53. The van der Waals surface area contributed by atoms with Gasteiger partial charge < -0.3 is 5.73 Å². The number of pyridine rings is 1. The van der Waals surface area contributed by atoms with E-state index in [2.05, 4.69) is 4.98 Å². The maximum atomic E-state index is 11.6. The molecular formula is C12H18N2O. The number of aromatic nitrogens is 1. The van der Waals surface area contributed by atoms with Crippen LogP contribution in [-0.4, -0.2) is 16.8 Å². The Kier molecular flexibility index (Phi) is 4.43. The number of nitrogens with zero attached hydrogens (tertiary/aromatic N) is 1. The molecule has 0 aliphatic carbocycles. The Labute approximate surface area is 90.7 Å². The summed E-state index contributed by atoms with van der Waals surface area (Å²) in [6, 6.07) is 5.55. The van der Waals surface area contributed by atoms with Gasteiger partial charge in [0.15, 0.2) is 0 Å². The zero-order valence-electron chi connectivity index (χ0n) is 9.31. The third-order valence-corrected chi connectivity index (χ3v) is 2.42. The SMILES string of the molecule is CC(C)C(N)CC(=O)Cc1ccccn1. The number of rotatable bonds is 5. The van der Waals surface area contributed by atoms with Gasteiger partial charge in [0.1, 0.15) is 5.78 Å². The van der Waals surface area contributed by atoms with E-state index in [1.807, 2.05) is 32.0 Å². The van der Waals surface area contributed by atoms with Gasteiger partial charge in [0.05, 0.1) is 0 Å². The third kappa shape index (κ3) is 4.21. The molecular weight excluding hydrogens is 188 g/mol. The molecule has 3 nitrogen and oxygen atoms in total. The molecule has 0 saturated heterocycles. The highest BCUT2D eigenvalue weighted by Gasteiger charge is 2.13. The number of Topliss-reactive ketones (excluding diaryl/α,β-unsaturated/α-hetero) is 1. The molecule has 0 saturated carbocycles. The van der Waals surface area contributed by atoms with Gasteiger partial charge in [-0.3, -0.25) is 9.78 Å². The van der Waals surface area contributed by atoms with Crippen LogP contribution in [0.2, 0.25) is 0 Å². The molecule has 0 bridgehead atoms. The first kappa shape index (κ1) is 11.9. The topological polar surface area (TPSA) is 56.0 Å². The van der Waals surface area contributed by atoms with Gasteiger partial charge in [0.2, 0.25) is 0 Å². The number of carbonyl (C=O) groups is 1. The van der Waals surface area contributed by atoms with E-state index in [9.17, 15) is 4.79 Å². The lowest BCUT2D eigenvalue weighted by molar-refractivity contribution is -0.119.